The number of fused-ring (bicyclic) bond motifs is 2. The topological polar surface area (TPSA) is 51.0 Å². The second-order valence-corrected chi connectivity index (χ2v) is 8.46. The van der Waals surface area contributed by atoms with Crippen LogP contribution in [0.25, 0.3) is 22.2 Å². The number of carbonyl (C=O) groups is 1. The second kappa shape index (κ2) is 7.93. The molecule has 9 heteroatoms. The van der Waals surface area contributed by atoms with Crippen LogP contribution in [0.1, 0.15) is 40.3 Å². The average molecular weight is 468 g/mol. The molecule has 1 atom stereocenters. The number of carbonyl (C=O) groups excluding carboxylic acids is 1. The van der Waals surface area contributed by atoms with Crippen LogP contribution in [-0.2, 0) is 13.5 Å². The van der Waals surface area contributed by atoms with Crippen molar-refractivity contribution in [1.82, 2.24) is 19.7 Å². The summed E-state index contributed by atoms with van der Waals surface area (Å²) in [5, 5.41) is 4.95. The smallest absolute Gasteiger partial charge is 0.255 e. The minimum atomic E-state index is -1.53. The molecule has 1 unspecified atom stereocenters. The molecule has 1 aliphatic rings. The van der Waals surface area contributed by atoms with E-state index in [1.54, 1.807) is 31.0 Å². The predicted octanol–water partition coefficient (Wildman–Crippen LogP) is 5.26. The highest BCUT2D eigenvalue weighted by Crippen LogP contribution is 2.37. The molecule has 0 bridgehead atoms. The number of hydrogen-bond acceptors (Lipinski definition) is 3. The van der Waals surface area contributed by atoms with E-state index in [-0.39, 0.29) is 17.0 Å². The van der Waals surface area contributed by atoms with Gasteiger partial charge in [-0.3, -0.25) is 9.48 Å². The standard InChI is InChI=1S/C25H20F4N4O/c1-12-9-17(15-5-4-6-18(26)23(15)30-12)25(34)33-8-7-16-22(13(33)2)31-32(3)24(16)14-10-19(27)21(29)20(28)11-14/h4-6,9-11,13H,7-8H2,1-3H3. The van der Waals surface area contributed by atoms with Gasteiger partial charge in [0.2, 0.25) is 0 Å². The maximum absolute atomic E-state index is 14.3. The van der Waals surface area contributed by atoms with Gasteiger partial charge >= 0.3 is 0 Å². The summed E-state index contributed by atoms with van der Waals surface area (Å²) in [6.45, 7) is 3.83. The number of halogens is 4. The van der Waals surface area contributed by atoms with Crippen molar-refractivity contribution in [3.05, 3.63) is 82.2 Å². The molecule has 0 saturated heterocycles. The van der Waals surface area contributed by atoms with Gasteiger partial charge in [0.15, 0.2) is 17.5 Å². The SMILES string of the molecule is Cc1cc(C(=O)N2CCc3c(nn(C)c3-c3cc(F)c(F)c(F)c3)C2C)c2cccc(F)c2n1. The Morgan fingerprint density at radius 2 is 1.76 bits per heavy atom. The molecule has 5 nitrogen and oxygen atoms in total. The van der Waals surface area contributed by atoms with E-state index in [1.165, 1.54) is 16.8 Å². The molecule has 0 radical (unpaired) electrons. The molecule has 174 valence electrons. The molecule has 1 aliphatic heterocycles. The fraction of sp³-hybridized carbons (Fsp3) is 0.240. The first-order valence-electron chi connectivity index (χ1n) is 10.7. The van der Waals surface area contributed by atoms with Gasteiger partial charge in [-0.05, 0) is 44.5 Å². The van der Waals surface area contributed by atoms with E-state index in [2.05, 4.69) is 10.1 Å². The highest BCUT2D eigenvalue weighted by atomic mass is 19.2. The third kappa shape index (κ3) is 3.34. The lowest BCUT2D eigenvalue weighted by Gasteiger charge is -2.33. The van der Waals surface area contributed by atoms with Crippen LogP contribution in [0.2, 0.25) is 0 Å². The van der Waals surface area contributed by atoms with Crippen molar-refractivity contribution in [3.8, 4) is 11.3 Å². The summed E-state index contributed by atoms with van der Waals surface area (Å²) in [4.78, 5) is 19.5. The van der Waals surface area contributed by atoms with E-state index in [4.69, 9.17) is 0 Å². The Labute approximate surface area is 192 Å². The summed E-state index contributed by atoms with van der Waals surface area (Å²) >= 11 is 0. The van der Waals surface area contributed by atoms with E-state index in [9.17, 15) is 22.4 Å². The molecule has 1 amide bonds. The van der Waals surface area contributed by atoms with Gasteiger partial charge in [0.05, 0.1) is 23.0 Å². The van der Waals surface area contributed by atoms with Crippen LogP contribution >= 0.6 is 0 Å². The number of aromatic nitrogens is 3. The van der Waals surface area contributed by atoms with Crippen LogP contribution in [0.15, 0.2) is 36.4 Å². The molecule has 0 fully saturated rings. The number of amides is 1. The van der Waals surface area contributed by atoms with Crippen LogP contribution < -0.4 is 0 Å². The third-order valence-electron chi connectivity index (χ3n) is 6.31. The predicted molar refractivity (Wildman–Crippen MR) is 118 cm³/mol. The fourth-order valence-electron chi connectivity index (χ4n) is 4.75. The lowest BCUT2D eigenvalue weighted by atomic mass is 9.94. The Morgan fingerprint density at radius 3 is 2.47 bits per heavy atom. The van der Waals surface area contributed by atoms with Crippen molar-refractivity contribution in [2.75, 3.05) is 6.54 Å². The van der Waals surface area contributed by atoms with Crippen LogP contribution in [0.3, 0.4) is 0 Å². The van der Waals surface area contributed by atoms with Crippen molar-refractivity contribution in [2.45, 2.75) is 26.3 Å². The minimum absolute atomic E-state index is 0.136. The van der Waals surface area contributed by atoms with Gasteiger partial charge in [-0.15, -0.1) is 0 Å². The first-order chi connectivity index (χ1) is 16.2. The lowest BCUT2D eigenvalue weighted by molar-refractivity contribution is 0.0675. The molecule has 0 saturated carbocycles. The van der Waals surface area contributed by atoms with E-state index in [0.717, 1.165) is 17.7 Å². The van der Waals surface area contributed by atoms with E-state index in [0.29, 0.717) is 41.0 Å². The quantitative estimate of drug-likeness (QED) is 0.298. The summed E-state index contributed by atoms with van der Waals surface area (Å²) in [5.74, 6) is -4.88. The van der Waals surface area contributed by atoms with E-state index in [1.807, 2.05) is 6.92 Å². The van der Waals surface area contributed by atoms with Crippen LogP contribution in [0, 0.1) is 30.2 Å². The van der Waals surface area contributed by atoms with Gasteiger partial charge in [0.1, 0.15) is 11.3 Å². The lowest BCUT2D eigenvalue weighted by Crippen LogP contribution is -2.39. The maximum atomic E-state index is 14.3. The van der Waals surface area contributed by atoms with Crippen molar-refractivity contribution < 1.29 is 22.4 Å². The summed E-state index contributed by atoms with van der Waals surface area (Å²) in [6, 6.07) is 7.57. The van der Waals surface area contributed by atoms with E-state index >= 15 is 0 Å². The summed E-state index contributed by atoms with van der Waals surface area (Å²) in [7, 11) is 1.63. The number of aryl methyl sites for hydroxylation is 2. The number of para-hydroxylation sites is 1. The second-order valence-electron chi connectivity index (χ2n) is 8.46. The molecule has 3 heterocycles. The largest absolute Gasteiger partial charge is 0.330 e. The van der Waals surface area contributed by atoms with Gasteiger partial charge in [-0.2, -0.15) is 5.10 Å². The molecule has 0 aliphatic carbocycles. The highest BCUT2D eigenvalue weighted by Gasteiger charge is 2.34. The summed E-state index contributed by atoms with van der Waals surface area (Å²) < 4.78 is 57.1. The third-order valence-corrected chi connectivity index (χ3v) is 6.31. The summed E-state index contributed by atoms with van der Waals surface area (Å²) in [5.41, 5.74) is 2.97. The Balaban J connectivity index is 1.56. The Morgan fingerprint density at radius 1 is 1.06 bits per heavy atom. The summed E-state index contributed by atoms with van der Waals surface area (Å²) in [6.07, 6.45) is 0.381. The Hall–Kier alpha value is -3.75. The number of rotatable bonds is 2. The van der Waals surface area contributed by atoms with Gasteiger partial charge in [0.25, 0.3) is 5.91 Å². The molecule has 5 rings (SSSR count). The van der Waals surface area contributed by atoms with Gasteiger partial charge in [0, 0.05) is 35.8 Å². The molecule has 0 N–H and O–H groups in total. The Kier molecular flexibility index (Phi) is 5.15. The van der Waals surface area contributed by atoms with Crippen molar-refractivity contribution in [2.24, 2.45) is 7.05 Å². The first-order valence-corrected chi connectivity index (χ1v) is 10.7. The van der Waals surface area contributed by atoms with Crippen LogP contribution in [0.4, 0.5) is 17.6 Å². The van der Waals surface area contributed by atoms with Gasteiger partial charge in [-0.1, -0.05) is 12.1 Å². The maximum Gasteiger partial charge on any atom is 0.255 e. The number of benzene rings is 2. The molecular formula is C25H20F4N4O. The van der Waals surface area contributed by atoms with Gasteiger partial charge < -0.3 is 4.90 Å². The van der Waals surface area contributed by atoms with Crippen LogP contribution in [-0.4, -0.2) is 32.1 Å². The highest BCUT2D eigenvalue weighted by molar-refractivity contribution is 6.06. The molecule has 0 spiro atoms. The molecule has 34 heavy (non-hydrogen) atoms. The normalized spacial score (nSPS) is 15.6. The molecule has 2 aromatic carbocycles. The van der Waals surface area contributed by atoms with Gasteiger partial charge in [-0.25, -0.2) is 22.5 Å². The number of hydrogen-bond donors (Lipinski definition) is 0. The zero-order valence-corrected chi connectivity index (χ0v) is 18.7. The zero-order chi connectivity index (χ0) is 24.3. The number of pyridine rings is 1. The fourth-order valence-corrected chi connectivity index (χ4v) is 4.75. The molecule has 2 aromatic heterocycles. The van der Waals surface area contributed by atoms with Crippen LogP contribution in [0.5, 0.6) is 0 Å². The van der Waals surface area contributed by atoms with Crippen molar-refractivity contribution in [1.29, 1.82) is 0 Å². The van der Waals surface area contributed by atoms with Crippen molar-refractivity contribution in [3.63, 3.8) is 0 Å². The average Bonchev–Trinajstić information content (AvgIpc) is 3.14. The van der Waals surface area contributed by atoms with Crippen molar-refractivity contribution >= 4 is 16.8 Å². The molecule has 4 aromatic rings. The zero-order valence-electron chi connectivity index (χ0n) is 18.7. The van der Waals surface area contributed by atoms with E-state index < -0.39 is 29.3 Å². The number of nitrogens with zero attached hydrogens (tertiary/aromatic N) is 4. The molecular weight excluding hydrogens is 448 g/mol. The first kappa shape index (κ1) is 22.1. The monoisotopic (exact) mass is 468 g/mol. The Bertz CT molecular complexity index is 1460. The minimum Gasteiger partial charge on any atom is -0.330 e.